The quantitative estimate of drug-likeness (QED) is 0.527. The number of nitrogens with two attached hydrogens (primary N) is 1. The van der Waals surface area contributed by atoms with Gasteiger partial charge in [-0.2, -0.15) is 9.50 Å². The Kier molecular flexibility index (Phi) is 2.98. The third-order valence-electron chi connectivity index (χ3n) is 3.88. The van der Waals surface area contributed by atoms with Crippen LogP contribution < -0.4 is 5.73 Å². The summed E-state index contributed by atoms with van der Waals surface area (Å²) in [6, 6.07) is 9.63. The lowest BCUT2D eigenvalue weighted by atomic mass is 10.1. The van der Waals surface area contributed by atoms with Gasteiger partial charge < -0.3 is 10.2 Å². The van der Waals surface area contributed by atoms with Gasteiger partial charge in [0.1, 0.15) is 5.82 Å². The molecule has 5 aromatic rings. The van der Waals surface area contributed by atoms with Crippen LogP contribution in [0.15, 0.2) is 47.1 Å². The molecule has 0 amide bonds. The van der Waals surface area contributed by atoms with Crippen molar-refractivity contribution in [3.8, 4) is 5.88 Å². The van der Waals surface area contributed by atoms with Crippen LogP contribution in [0.3, 0.4) is 0 Å². The van der Waals surface area contributed by atoms with Gasteiger partial charge >= 0.3 is 0 Å². The molecule has 0 saturated heterocycles. The molecule has 0 fully saturated rings. The highest BCUT2D eigenvalue weighted by atomic mass is 19.1. The first-order valence-corrected chi connectivity index (χ1v) is 7.74. The van der Waals surface area contributed by atoms with Gasteiger partial charge in [0.15, 0.2) is 17.0 Å². The van der Waals surface area contributed by atoms with Crippen LogP contribution in [0.4, 0.5) is 10.3 Å². The number of hydrogen-bond donors (Lipinski definition) is 1. The molecule has 1 aromatic carbocycles. The predicted molar refractivity (Wildman–Crippen MR) is 89.1 cm³/mol. The molecule has 9 nitrogen and oxygen atoms in total. The van der Waals surface area contributed by atoms with Crippen molar-refractivity contribution in [3.05, 3.63) is 59.9 Å². The average molecular weight is 350 g/mol. The summed E-state index contributed by atoms with van der Waals surface area (Å²) in [4.78, 5) is 10.0. The molecule has 10 heteroatoms. The molecular formula is C16H11FN8O. The molecule has 0 radical (unpaired) electrons. The molecule has 0 aliphatic heterocycles. The van der Waals surface area contributed by atoms with Gasteiger partial charge in [-0.1, -0.05) is 12.1 Å². The first kappa shape index (κ1) is 14.5. The number of furan rings is 1. The second-order valence-corrected chi connectivity index (χ2v) is 5.65. The highest BCUT2D eigenvalue weighted by Gasteiger charge is 2.17. The van der Waals surface area contributed by atoms with Crippen molar-refractivity contribution in [2.75, 3.05) is 5.73 Å². The summed E-state index contributed by atoms with van der Waals surface area (Å²) in [5, 5.41) is 13.0. The number of halogens is 1. The van der Waals surface area contributed by atoms with Gasteiger partial charge in [0.05, 0.1) is 6.26 Å². The Balaban J connectivity index is 1.63. The van der Waals surface area contributed by atoms with Crippen LogP contribution in [-0.4, -0.2) is 34.6 Å². The van der Waals surface area contributed by atoms with Gasteiger partial charge in [-0.15, -0.1) is 20.1 Å². The van der Waals surface area contributed by atoms with Crippen LogP contribution >= 0.6 is 0 Å². The molecule has 0 aliphatic carbocycles. The molecule has 128 valence electrons. The van der Waals surface area contributed by atoms with Crippen LogP contribution in [0.2, 0.25) is 0 Å². The lowest BCUT2D eigenvalue weighted by Crippen LogP contribution is -2.02. The smallest absolute Gasteiger partial charge is 0.238 e. The molecule has 4 aromatic heterocycles. The van der Waals surface area contributed by atoms with Crippen molar-refractivity contribution in [2.45, 2.75) is 6.42 Å². The molecule has 0 atom stereocenters. The Hall–Kier alpha value is -3.82. The fraction of sp³-hybridized carbons (Fsp3) is 0.0625. The van der Waals surface area contributed by atoms with Crippen molar-refractivity contribution in [2.24, 2.45) is 0 Å². The largest absolute Gasteiger partial charge is 0.445 e. The number of rotatable bonds is 3. The van der Waals surface area contributed by atoms with Crippen molar-refractivity contribution >= 4 is 22.8 Å². The number of nitrogens with zero attached hydrogens (tertiary/aromatic N) is 7. The molecule has 0 bridgehead atoms. The summed E-state index contributed by atoms with van der Waals surface area (Å²) in [5.74, 6) is 0.828. The van der Waals surface area contributed by atoms with Crippen molar-refractivity contribution in [3.63, 3.8) is 0 Å². The van der Waals surface area contributed by atoms with E-state index in [2.05, 4.69) is 25.3 Å². The van der Waals surface area contributed by atoms with E-state index in [1.807, 2.05) is 0 Å². The highest BCUT2D eigenvalue weighted by molar-refractivity contribution is 5.85. The maximum Gasteiger partial charge on any atom is 0.238 e. The fourth-order valence-electron chi connectivity index (χ4n) is 2.68. The summed E-state index contributed by atoms with van der Waals surface area (Å²) in [6.07, 6.45) is 1.95. The molecule has 4 heterocycles. The van der Waals surface area contributed by atoms with Gasteiger partial charge in [0.2, 0.25) is 17.5 Å². The zero-order valence-electron chi connectivity index (χ0n) is 13.2. The Morgan fingerprint density at radius 1 is 1.04 bits per heavy atom. The molecule has 0 aliphatic rings. The number of fused-ring (bicyclic) bond motifs is 3. The first-order valence-electron chi connectivity index (χ1n) is 7.74. The van der Waals surface area contributed by atoms with Gasteiger partial charge in [-0.3, -0.25) is 0 Å². The normalized spacial score (nSPS) is 11.6. The number of nitrogen functional groups attached to an aromatic ring is 1. The van der Waals surface area contributed by atoms with Crippen LogP contribution in [0.1, 0.15) is 11.4 Å². The zero-order valence-corrected chi connectivity index (χ0v) is 13.2. The minimum absolute atomic E-state index is 0.150. The van der Waals surface area contributed by atoms with Crippen molar-refractivity contribution < 1.29 is 8.81 Å². The number of aromatic nitrogens is 7. The monoisotopic (exact) mass is 350 g/mol. The third kappa shape index (κ3) is 2.27. The molecule has 0 saturated carbocycles. The van der Waals surface area contributed by atoms with E-state index in [0.717, 1.165) is 5.56 Å². The van der Waals surface area contributed by atoms with Crippen LogP contribution in [0.5, 0.6) is 0 Å². The Morgan fingerprint density at radius 3 is 2.65 bits per heavy atom. The molecule has 0 spiro atoms. The zero-order chi connectivity index (χ0) is 17.7. The van der Waals surface area contributed by atoms with E-state index in [4.69, 9.17) is 10.2 Å². The number of anilines is 1. The van der Waals surface area contributed by atoms with E-state index in [9.17, 15) is 4.39 Å². The minimum Gasteiger partial charge on any atom is -0.445 e. The van der Waals surface area contributed by atoms with Crippen LogP contribution in [0.25, 0.3) is 22.7 Å². The van der Waals surface area contributed by atoms with Gasteiger partial charge in [-0.25, -0.2) is 9.37 Å². The number of benzene rings is 1. The molecule has 2 N–H and O–H groups in total. The van der Waals surface area contributed by atoms with E-state index in [1.54, 1.807) is 24.3 Å². The molecule has 0 unspecified atom stereocenters. The van der Waals surface area contributed by atoms with E-state index in [-0.39, 0.29) is 11.8 Å². The van der Waals surface area contributed by atoms with E-state index < -0.39 is 0 Å². The molecule has 26 heavy (non-hydrogen) atoms. The van der Waals surface area contributed by atoms with Gasteiger partial charge in [0, 0.05) is 12.5 Å². The fourth-order valence-corrected chi connectivity index (χ4v) is 2.68. The Labute approximate surface area is 144 Å². The Morgan fingerprint density at radius 2 is 1.88 bits per heavy atom. The third-order valence-corrected chi connectivity index (χ3v) is 3.88. The van der Waals surface area contributed by atoms with Gasteiger partial charge in [-0.05, 0) is 23.8 Å². The Bertz CT molecular complexity index is 1220. The molecule has 5 rings (SSSR count). The van der Waals surface area contributed by atoms with E-state index in [1.165, 1.54) is 27.7 Å². The summed E-state index contributed by atoms with van der Waals surface area (Å²) < 4.78 is 19.8. The first-order chi connectivity index (χ1) is 12.7. The molecular weight excluding hydrogens is 339 g/mol. The van der Waals surface area contributed by atoms with Crippen molar-refractivity contribution in [1.82, 2.24) is 34.6 Å². The lowest BCUT2D eigenvalue weighted by molar-refractivity contribution is 0.502. The van der Waals surface area contributed by atoms with E-state index >= 15 is 0 Å². The topological polar surface area (TPSA) is 113 Å². The predicted octanol–water partition coefficient (Wildman–Crippen LogP) is 1.76. The summed E-state index contributed by atoms with van der Waals surface area (Å²) in [5.41, 5.74) is 8.09. The highest BCUT2D eigenvalue weighted by Crippen LogP contribution is 2.19. The summed E-state index contributed by atoms with van der Waals surface area (Å²) in [6.45, 7) is 0. The van der Waals surface area contributed by atoms with Crippen LogP contribution in [-0.2, 0) is 6.42 Å². The van der Waals surface area contributed by atoms with Gasteiger partial charge in [0.25, 0.3) is 0 Å². The maximum atomic E-state index is 13.1. The number of hydrogen-bond acceptors (Lipinski definition) is 7. The second-order valence-electron chi connectivity index (χ2n) is 5.65. The second kappa shape index (κ2) is 5.34. The van der Waals surface area contributed by atoms with Crippen molar-refractivity contribution in [1.29, 1.82) is 0 Å². The van der Waals surface area contributed by atoms with Crippen LogP contribution in [0, 0.1) is 5.82 Å². The summed E-state index contributed by atoms with van der Waals surface area (Å²) in [7, 11) is 0. The van der Waals surface area contributed by atoms with E-state index in [0.29, 0.717) is 34.9 Å². The maximum absolute atomic E-state index is 13.1. The summed E-state index contributed by atoms with van der Waals surface area (Å²) >= 11 is 0. The standard InChI is InChI=1S/C16H11FN8O/c17-10-5-3-9(4-6-10)8-11-19-15-13-14(20-16(18)24(15)21-11)23-25(22-13)12-2-1-7-26-12/h1-7H,8H2,(H2,18,20,23). The average Bonchev–Trinajstić information content (AvgIpc) is 3.34. The minimum atomic E-state index is -0.290. The SMILES string of the molecule is Nc1nc2nn(-c3ccco3)nc2c2nc(Cc3ccc(F)cc3)nn12. The lowest BCUT2D eigenvalue weighted by Gasteiger charge is -1.96.